The number of halogens is 1. The van der Waals surface area contributed by atoms with Gasteiger partial charge in [0, 0.05) is 25.4 Å². The normalized spacial score (nSPS) is 16.0. The van der Waals surface area contributed by atoms with Crippen molar-refractivity contribution in [2.45, 2.75) is 38.7 Å². The Morgan fingerprint density at radius 3 is 2.67 bits per heavy atom. The van der Waals surface area contributed by atoms with Gasteiger partial charge in [0.1, 0.15) is 11.6 Å². The molecular weight excluding hydrogens is 324 g/mol. The van der Waals surface area contributed by atoms with Crippen LogP contribution in [0.2, 0.25) is 5.02 Å². The van der Waals surface area contributed by atoms with Crippen molar-refractivity contribution in [3.05, 3.63) is 35.5 Å². The Morgan fingerprint density at radius 2 is 2.08 bits per heavy atom. The van der Waals surface area contributed by atoms with Crippen LogP contribution in [0.5, 0.6) is 0 Å². The summed E-state index contributed by atoms with van der Waals surface area (Å²) in [6.07, 6.45) is 5.35. The zero-order chi connectivity index (χ0) is 17.6. The number of nitrogens with two attached hydrogens (primary N) is 1. The van der Waals surface area contributed by atoms with Crippen LogP contribution in [-0.2, 0) is 4.74 Å². The van der Waals surface area contributed by atoms with Gasteiger partial charge in [-0.2, -0.15) is 0 Å². The van der Waals surface area contributed by atoms with Crippen molar-refractivity contribution in [1.29, 1.82) is 0 Å². The van der Waals surface area contributed by atoms with Gasteiger partial charge in [-0.25, -0.2) is 9.97 Å². The average molecular weight is 349 g/mol. The van der Waals surface area contributed by atoms with Crippen molar-refractivity contribution < 1.29 is 4.74 Å². The zero-order valence-corrected chi connectivity index (χ0v) is 15.2. The summed E-state index contributed by atoms with van der Waals surface area (Å²) in [6, 6.07) is 7.37. The minimum atomic E-state index is 0.179. The van der Waals surface area contributed by atoms with Crippen molar-refractivity contribution in [1.82, 2.24) is 9.97 Å². The van der Waals surface area contributed by atoms with Gasteiger partial charge in [-0.3, -0.25) is 0 Å². The van der Waals surface area contributed by atoms with Gasteiger partial charge in [-0.1, -0.05) is 17.7 Å². The molecule has 2 aromatic heterocycles. The molecule has 1 aliphatic heterocycles. The Bertz CT molecular complexity index is 668. The molecule has 130 valence electrons. The van der Waals surface area contributed by atoms with Crippen molar-refractivity contribution in [2.24, 2.45) is 0 Å². The molecule has 0 aromatic carbocycles. The topological polar surface area (TPSA) is 73.1 Å². The number of nitrogens with one attached hydrogen (secondary N) is 1. The van der Waals surface area contributed by atoms with Crippen LogP contribution in [0, 0.1) is 0 Å². The summed E-state index contributed by atoms with van der Waals surface area (Å²) in [6.45, 7) is 5.28. The summed E-state index contributed by atoms with van der Waals surface area (Å²) in [7, 11) is 1.81. The molecular formula is C18H25ClN4O. The predicted molar refractivity (Wildman–Crippen MR) is 100 cm³/mol. The molecule has 1 aliphatic rings. The number of nitrogen functional groups attached to an aromatic ring is 1. The average Bonchev–Trinajstić information content (AvgIpc) is 2.57. The highest BCUT2D eigenvalue weighted by molar-refractivity contribution is 6.33. The molecule has 24 heavy (non-hydrogen) atoms. The lowest BCUT2D eigenvalue weighted by Crippen LogP contribution is -2.28. The number of nitrogens with zero attached hydrogens (tertiary/aromatic N) is 2. The Morgan fingerprint density at radius 1 is 1.29 bits per heavy atom. The van der Waals surface area contributed by atoms with Crippen molar-refractivity contribution in [2.75, 3.05) is 24.7 Å². The van der Waals surface area contributed by atoms with E-state index in [-0.39, 0.29) is 5.60 Å². The molecule has 0 unspecified atom stereocenters. The fourth-order valence-electron chi connectivity index (χ4n) is 2.45. The van der Waals surface area contributed by atoms with Crippen LogP contribution < -0.4 is 11.1 Å². The number of anilines is 2. The molecule has 0 radical (unpaired) electrons. The van der Waals surface area contributed by atoms with E-state index in [9.17, 15) is 0 Å². The van der Waals surface area contributed by atoms with E-state index in [4.69, 9.17) is 22.1 Å². The molecule has 3 N–H and O–H groups in total. The van der Waals surface area contributed by atoms with Gasteiger partial charge in [0.05, 0.1) is 16.3 Å². The van der Waals surface area contributed by atoms with E-state index in [1.54, 1.807) is 6.07 Å². The maximum atomic E-state index is 6.05. The van der Waals surface area contributed by atoms with Gasteiger partial charge >= 0.3 is 0 Å². The maximum Gasteiger partial charge on any atom is 0.126 e. The maximum absolute atomic E-state index is 6.05. The number of rotatable bonds is 2. The second kappa shape index (κ2) is 8.31. The minimum absolute atomic E-state index is 0.179. The molecule has 0 aliphatic carbocycles. The number of ether oxygens (including phenoxy) is 1. The van der Waals surface area contributed by atoms with Gasteiger partial charge in [0.15, 0.2) is 0 Å². The predicted octanol–water partition coefficient (Wildman–Crippen LogP) is 4.39. The SMILES string of the molecule is CC1(C)CCCCO1.CNc1cccc(-c2cc(N)ncc2Cl)n1. The van der Waals surface area contributed by atoms with E-state index in [0.717, 1.165) is 23.7 Å². The molecule has 0 atom stereocenters. The standard InChI is InChI=1S/C11H11ClN4.C7H14O/c1-14-11-4-2-3-9(16-11)7-5-10(13)15-6-8(7)12;1-7(2)5-3-4-6-8-7/h2-6H,1H3,(H2,13,15)(H,14,16);3-6H2,1-2H3. The van der Waals surface area contributed by atoms with Crippen LogP contribution >= 0.6 is 11.6 Å². The van der Waals surface area contributed by atoms with Crippen LogP contribution in [0.15, 0.2) is 30.5 Å². The molecule has 3 rings (SSSR count). The number of pyridine rings is 2. The van der Waals surface area contributed by atoms with Gasteiger partial charge in [-0.05, 0) is 51.3 Å². The van der Waals surface area contributed by atoms with E-state index < -0.39 is 0 Å². The Hall–Kier alpha value is -1.85. The van der Waals surface area contributed by atoms with E-state index in [2.05, 4.69) is 29.1 Å². The second-order valence-corrected chi connectivity index (χ2v) is 6.72. The number of aromatic nitrogens is 2. The quantitative estimate of drug-likeness (QED) is 0.842. The summed E-state index contributed by atoms with van der Waals surface area (Å²) in [5.41, 5.74) is 7.35. The lowest BCUT2D eigenvalue weighted by Gasteiger charge is -2.29. The first-order valence-corrected chi connectivity index (χ1v) is 8.49. The highest BCUT2D eigenvalue weighted by Gasteiger charge is 2.20. The molecule has 2 aromatic rings. The first kappa shape index (κ1) is 18.5. The third-order valence-electron chi connectivity index (χ3n) is 3.82. The van der Waals surface area contributed by atoms with Crippen LogP contribution in [0.3, 0.4) is 0 Å². The van der Waals surface area contributed by atoms with Crippen LogP contribution in [0.1, 0.15) is 33.1 Å². The smallest absolute Gasteiger partial charge is 0.126 e. The van der Waals surface area contributed by atoms with Gasteiger partial charge in [0.25, 0.3) is 0 Å². The van der Waals surface area contributed by atoms with E-state index in [1.165, 1.54) is 25.5 Å². The fraction of sp³-hybridized carbons (Fsp3) is 0.444. The summed E-state index contributed by atoms with van der Waals surface area (Å²) in [5, 5.41) is 3.51. The third kappa shape index (κ3) is 5.35. The van der Waals surface area contributed by atoms with Gasteiger partial charge < -0.3 is 15.8 Å². The van der Waals surface area contributed by atoms with Crippen LogP contribution in [0.25, 0.3) is 11.3 Å². The Balaban J connectivity index is 0.000000219. The highest BCUT2D eigenvalue weighted by Crippen LogP contribution is 2.27. The molecule has 0 spiro atoms. The summed E-state index contributed by atoms with van der Waals surface area (Å²) < 4.78 is 5.47. The van der Waals surface area contributed by atoms with Crippen LogP contribution in [-0.4, -0.2) is 29.2 Å². The molecule has 1 saturated heterocycles. The molecule has 0 amide bonds. The van der Waals surface area contributed by atoms with Crippen molar-refractivity contribution in [3.8, 4) is 11.3 Å². The largest absolute Gasteiger partial charge is 0.384 e. The molecule has 6 heteroatoms. The molecule has 1 fully saturated rings. The van der Waals surface area contributed by atoms with Crippen molar-refractivity contribution >= 4 is 23.2 Å². The van der Waals surface area contributed by atoms with Crippen LogP contribution in [0.4, 0.5) is 11.6 Å². The summed E-state index contributed by atoms with van der Waals surface area (Å²) >= 11 is 6.05. The fourth-order valence-corrected chi connectivity index (χ4v) is 2.65. The lowest BCUT2D eigenvalue weighted by molar-refractivity contribution is -0.0511. The first-order valence-electron chi connectivity index (χ1n) is 8.11. The lowest BCUT2D eigenvalue weighted by atomic mass is 9.99. The first-order chi connectivity index (χ1) is 11.4. The number of hydrogen-bond acceptors (Lipinski definition) is 5. The minimum Gasteiger partial charge on any atom is -0.384 e. The monoisotopic (exact) mass is 348 g/mol. The third-order valence-corrected chi connectivity index (χ3v) is 4.12. The van der Waals surface area contributed by atoms with E-state index in [1.807, 2.05) is 25.2 Å². The summed E-state index contributed by atoms with van der Waals surface area (Å²) in [5.74, 6) is 1.21. The molecule has 3 heterocycles. The molecule has 0 bridgehead atoms. The van der Waals surface area contributed by atoms with Crippen molar-refractivity contribution in [3.63, 3.8) is 0 Å². The molecule has 5 nitrogen and oxygen atoms in total. The zero-order valence-electron chi connectivity index (χ0n) is 14.5. The molecule has 0 saturated carbocycles. The number of hydrogen-bond donors (Lipinski definition) is 2. The van der Waals surface area contributed by atoms with Gasteiger partial charge in [0.2, 0.25) is 0 Å². The van der Waals surface area contributed by atoms with E-state index >= 15 is 0 Å². The second-order valence-electron chi connectivity index (χ2n) is 6.31. The Kier molecular flexibility index (Phi) is 6.40. The van der Waals surface area contributed by atoms with E-state index in [0.29, 0.717) is 10.8 Å². The highest BCUT2D eigenvalue weighted by atomic mass is 35.5. The van der Waals surface area contributed by atoms with Gasteiger partial charge in [-0.15, -0.1) is 0 Å². The summed E-state index contributed by atoms with van der Waals surface area (Å²) in [4.78, 5) is 8.29. The Labute approximate surface area is 148 Å².